The minimum absolute atomic E-state index is 0.197. The van der Waals surface area contributed by atoms with Crippen molar-refractivity contribution in [3.05, 3.63) is 60.9 Å². The van der Waals surface area contributed by atoms with E-state index in [0.29, 0.717) is 36.1 Å². The van der Waals surface area contributed by atoms with Crippen LogP contribution in [0.5, 0.6) is 11.5 Å². The van der Waals surface area contributed by atoms with Crippen LogP contribution in [0.4, 0.5) is 0 Å². The summed E-state index contributed by atoms with van der Waals surface area (Å²) in [4.78, 5) is 4.46. The third-order valence-electron chi connectivity index (χ3n) is 3.71. The van der Waals surface area contributed by atoms with Crippen LogP contribution in [-0.2, 0) is 10.0 Å². The van der Waals surface area contributed by atoms with E-state index in [4.69, 9.17) is 9.47 Å². The molecule has 0 bridgehead atoms. The van der Waals surface area contributed by atoms with E-state index in [9.17, 15) is 8.42 Å². The highest BCUT2D eigenvalue weighted by atomic mass is 32.2. The largest absolute Gasteiger partial charge is 0.494 e. The van der Waals surface area contributed by atoms with Crippen molar-refractivity contribution in [1.82, 2.24) is 8.96 Å². The molecule has 3 aromatic rings. The fourth-order valence-corrected chi connectivity index (χ4v) is 3.92. The van der Waals surface area contributed by atoms with Gasteiger partial charge in [-0.2, -0.15) is 0 Å². The van der Waals surface area contributed by atoms with Crippen LogP contribution in [0.1, 0.15) is 13.8 Å². The lowest BCUT2D eigenvalue weighted by molar-refractivity contribution is 0.324. The van der Waals surface area contributed by atoms with Crippen LogP contribution in [0.2, 0.25) is 0 Å². The minimum atomic E-state index is -3.76. The highest BCUT2D eigenvalue weighted by molar-refractivity contribution is 7.90. The van der Waals surface area contributed by atoms with E-state index >= 15 is 0 Å². The minimum Gasteiger partial charge on any atom is -0.494 e. The second-order valence-electron chi connectivity index (χ2n) is 5.39. The molecule has 0 radical (unpaired) electrons. The van der Waals surface area contributed by atoms with Crippen molar-refractivity contribution in [3.63, 3.8) is 0 Å². The summed E-state index contributed by atoms with van der Waals surface area (Å²) in [5.41, 5.74) is 0.583. The average Bonchev–Trinajstić information content (AvgIpc) is 3.14. The Morgan fingerprint density at radius 1 is 1.00 bits per heavy atom. The first kappa shape index (κ1) is 18.0. The van der Waals surface area contributed by atoms with E-state index < -0.39 is 10.0 Å². The van der Waals surface area contributed by atoms with E-state index in [1.807, 2.05) is 13.8 Å². The molecule has 136 valence electrons. The lowest BCUT2D eigenvalue weighted by Gasteiger charge is -2.14. The molecule has 0 N–H and O–H groups in total. The zero-order valence-electron chi connectivity index (χ0n) is 14.6. The Morgan fingerprint density at radius 3 is 2.42 bits per heavy atom. The molecular weight excluding hydrogens is 352 g/mol. The summed E-state index contributed by atoms with van der Waals surface area (Å²) in [6.07, 6.45) is 2.89. The third-order valence-corrected chi connectivity index (χ3v) is 5.39. The van der Waals surface area contributed by atoms with Crippen molar-refractivity contribution in [3.8, 4) is 22.9 Å². The fourth-order valence-electron chi connectivity index (χ4n) is 2.60. The molecule has 26 heavy (non-hydrogen) atoms. The summed E-state index contributed by atoms with van der Waals surface area (Å²) in [6, 6.07) is 13.5. The number of imidazole rings is 1. The number of aromatic nitrogens is 2. The van der Waals surface area contributed by atoms with Crippen LogP contribution in [-0.4, -0.2) is 30.6 Å². The molecule has 0 spiro atoms. The standard InChI is InChI=1S/C19H20N2O4S/c1-3-24-15-10-11-17(18(14-15)25-4-2)19-20-12-13-21(19)26(22,23)16-8-6-5-7-9-16/h5-14H,3-4H2,1-2H3. The number of hydrogen-bond acceptors (Lipinski definition) is 5. The van der Waals surface area contributed by atoms with Crippen molar-refractivity contribution in [2.24, 2.45) is 0 Å². The van der Waals surface area contributed by atoms with E-state index in [0.717, 1.165) is 0 Å². The summed E-state index contributed by atoms with van der Waals surface area (Å²) < 4.78 is 38.3. The van der Waals surface area contributed by atoms with E-state index in [-0.39, 0.29) is 4.90 Å². The summed E-state index contributed by atoms with van der Waals surface area (Å²) >= 11 is 0. The second-order valence-corrected chi connectivity index (χ2v) is 7.20. The maximum atomic E-state index is 13.0. The maximum absolute atomic E-state index is 13.0. The second kappa shape index (κ2) is 7.61. The van der Waals surface area contributed by atoms with Gasteiger partial charge in [0, 0.05) is 18.5 Å². The van der Waals surface area contributed by atoms with E-state index in [1.54, 1.807) is 48.5 Å². The Morgan fingerprint density at radius 2 is 1.73 bits per heavy atom. The van der Waals surface area contributed by atoms with E-state index in [1.165, 1.54) is 16.4 Å². The number of ether oxygens (including phenoxy) is 2. The molecule has 0 saturated heterocycles. The molecule has 1 heterocycles. The Kier molecular flexibility index (Phi) is 5.27. The Balaban J connectivity index is 2.12. The van der Waals surface area contributed by atoms with Crippen molar-refractivity contribution in [2.45, 2.75) is 18.7 Å². The molecule has 2 aromatic carbocycles. The first-order valence-corrected chi connectivity index (χ1v) is 9.76. The number of benzene rings is 2. The van der Waals surface area contributed by atoms with Crippen LogP contribution >= 0.6 is 0 Å². The van der Waals surface area contributed by atoms with Crippen LogP contribution in [0.15, 0.2) is 65.8 Å². The van der Waals surface area contributed by atoms with Crippen LogP contribution < -0.4 is 9.47 Å². The van der Waals surface area contributed by atoms with E-state index in [2.05, 4.69) is 4.98 Å². The normalized spacial score (nSPS) is 11.3. The molecule has 7 heteroatoms. The molecule has 0 aliphatic carbocycles. The smallest absolute Gasteiger partial charge is 0.269 e. The number of rotatable bonds is 7. The van der Waals surface area contributed by atoms with Gasteiger partial charge in [0.2, 0.25) is 0 Å². The quantitative estimate of drug-likeness (QED) is 0.634. The van der Waals surface area contributed by atoms with Gasteiger partial charge in [-0.1, -0.05) is 18.2 Å². The zero-order chi connectivity index (χ0) is 18.6. The first-order chi connectivity index (χ1) is 12.6. The molecule has 6 nitrogen and oxygen atoms in total. The van der Waals surface area contributed by atoms with Gasteiger partial charge in [0.05, 0.1) is 23.7 Å². The van der Waals surface area contributed by atoms with Gasteiger partial charge in [-0.05, 0) is 38.1 Å². The molecule has 1 aromatic heterocycles. The van der Waals surface area contributed by atoms with Gasteiger partial charge >= 0.3 is 0 Å². The maximum Gasteiger partial charge on any atom is 0.269 e. The number of nitrogens with zero attached hydrogens (tertiary/aromatic N) is 2. The molecule has 0 aliphatic rings. The van der Waals surface area contributed by atoms with Crippen molar-refractivity contribution in [2.75, 3.05) is 13.2 Å². The van der Waals surface area contributed by atoms with Gasteiger partial charge < -0.3 is 9.47 Å². The van der Waals surface area contributed by atoms with Gasteiger partial charge in [0.15, 0.2) is 5.82 Å². The topological polar surface area (TPSA) is 70.4 Å². The van der Waals surface area contributed by atoms with Gasteiger partial charge in [-0.25, -0.2) is 17.4 Å². The Bertz CT molecular complexity index is 982. The lowest BCUT2D eigenvalue weighted by atomic mass is 10.2. The summed E-state index contributed by atoms with van der Waals surface area (Å²) in [5.74, 6) is 1.47. The van der Waals surface area contributed by atoms with Gasteiger partial charge in [0.25, 0.3) is 10.0 Å². The van der Waals surface area contributed by atoms with Crippen LogP contribution in [0, 0.1) is 0 Å². The Labute approximate surface area is 153 Å². The summed E-state index contributed by atoms with van der Waals surface area (Å²) in [6.45, 7) is 4.73. The molecule has 0 saturated carbocycles. The van der Waals surface area contributed by atoms with Crippen molar-refractivity contribution >= 4 is 10.0 Å². The monoisotopic (exact) mass is 372 g/mol. The van der Waals surface area contributed by atoms with Gasteiger partial charge in [-0.15, -0.1) is 0 Å². The molecule has 0 aliphatic heterocycles. The lowest BCUT2D eigenvalue weighted by Crippen LogP contribution is -2.13. The van der Waals surface area contributed by atoms with Crippen molar-refractivity contribution in [1.29, 1.82) is 0 Å². The van der Waals surface area contributed by atoms with Crippen LogP contribution in [0.3, 0.4) is 0 Å². The summed E-state index contributed by atoms with van der Waals surface area (Å²) in [5, 5.41) is 0. The van der Waals surface area contributed by atoms with Gasteiger partial charge in [0.1, 0.15) is 11.5 Å². The highest BCUT2D eigenvalue weighted by Gasteiger charge is 2.23. The molecule has 0 unspecified atom stereocenters. The Hall–Kier alpha value is -2.80. The molecule has 0 atom stereocenters. The molecule has 0 amide bonds. The molecule has 0 fully saturated rings. The highest BCUT2D eigenvalue weighted by Crippen LogP contribution is 2.34. The van der Waals surface area contributed by atoms with Gasteiger partial charge in [-0.3, -0.25) is 0 Å². The first-order valence-electron chi connectivity index (χ1n) is 8.32. The predicted octanol–water partition coefficient (Wildman–Crippen LogP) is 3.58. The zero-order valence-corrected chi connectivity index (χ0v) is 15.4. The third kappa shape index (κ3) is 3.43. The van der Waals surface area contributed by atoms with Crippen molar-refractivity contribution < 1.29 is 17.9 Å². The average molecular weight is 372 g/mol. The SMILES string of the molecule is CCOc1ccc(-c2nccn2S(=O)(=O)c2ccccc2)c(OCC)c1. The molecule has 3 rings (SSSR count). The number of hydrogen-bond donors (Lipinski definition) is 0. The summed E-state index contributed by atoms with van der Waals surface area (Å²) in [7, 11) is -3.76. The van der Waals surface area contributed by atoms with Crippen LogP contribution in [0.25, 0.3) is 11.4 Å². The molecular formula is C19H20N2O4S. The predicted molar refractivity (Wildman–Crippen MR) is 99.0 cm³/mol. The fraction of sp³-hybridized carbons (Fsp3) is 0.211.